The lowest BCUT2D eigenvalue weighted by atomic mass is 10.1. The Morgan fingerprint density at radius 3 is 2.62 bits per heavy atom. The average molecular weight is 423 g/mol. The van der Waals surface area contributed by atoms with Crippen molar-refractivity contribution in [1.29, 1.82) is 0 Å². The molecule has 8 nitrogen and oxygen atoms in total. The molecule has 0 amide bonds. The van der Waals surface area contributed by atoms with Crippen molar-refractivity contribution in [3.05, 3.63) is 84.7 Å². The largest absolute Gasteiger partial charge is 0.366 e. The number of aldehydes is 1. The van der Waals surface area contributed by atoms with E-state index in [0.29, 0.717) is 13.0 Å². The third kappa shape index (κ3) is 3.98. The number of fused-ring (bicyclic) bond motifs is 1. The van der Waals surface area contributed by atoms with Gasteiger partial charge in [0.05, 0.1) is 23.8 Å². The normalized spacial score (nSPS) is 11.0. The van der Waals surface area contributed by atoms with Crippen molar-refractivity contribution < 1.29 is 4.79 Å². The van der Waals surface area contributed by atoms with Gasteiger partial charge in [0.25, 0.3) is 0 Å². The van der Waals surface area contributed by atoms with Gasteiger partial charge < -0.3 is 10.1 Å². The van der Waals surface area contributed by atoms with Crippen molar-refractivity contribution in [2.75, 3.05) is 5.32 Å². The summed E-state index contributed by atoms with van der Waals surface area (Å²) in [6.45, 7) is 0.645. The number of aryl methyl sites for hydroxylation is 1. The van der Waals surface area contributed by atoms with Gasteiger partial charge in [-0.3, -0.25) is 9.08 Å². The lowest BCUT2D eigenvalue weighted by molar-refractivity contribution is -0.107. The van der Waals surface area contributed by atoms with Crippen LogP contribution in [0, 0.1) is 0 Å². The van der Waals surface area contributed by atoms with E-state index in [2.05, 4.69) is 49.6 Å². The lowest BCUT2D eigenvalue weighted by Crippen LogP contribution is -2.02. The first-order valence-electron chi connectivity index (χ1n) is 10.2. The number of imidazole rings is 1. The molecule has 0 saturated heterocycles. The predicted octanol–water partition coefficient (Wildman–Crippen LogP) is 3.55. The Bertz CT molecular complexity index is 1390. The molecule has 0 aliphatic rings. The van der Waals surface area contributed by atoms with Gasteiger partial charge in [0.15, 0.2) is 0 Å². The number of anilines is 1. The van der Waals surface area contributed by atoms with Gasteiger partial charge in [-0.05, 0) is 28.8 Å². The van der Waals surface area contributed by atoms with Crippen LogP contribution in [0.4, 0.5) is 5.82 Å². The Morgan fingerprint density at radius 2 is 1.84 bits per heavy atom. The number of carbonyl (C=O) groups excluding carboxylic acids is 1. The van der Waals surface area contributed by atoms with Crippen LogP contribution in [-0.2, 0) is 24.8 Å². The Balaban J connectivity index is 1.31. The summed E-state index contributed by atoms with van der Waals surface area (Å²) in [5.74, 6) is 0.735. The quantitative estimate of drug-likeness (QED) is 0.403. The van der Waals surface area contributed by atoms with E-state index in [1.165, 1.54) is 0 Å². The molecule has 0 atom stereocenters. The Labute approximate surface area is 184 Å². The first-order valence-corrected chi connectivity index (χ1v) is 10.2. The van der Waals surface area contributed by atoms with E-state index in [-0.39, 0.29) is 0 Å². The average Bonchev–Trinajstić information content (AvgIpc) is 3.44. The highest BCUT2D eigenvalue weighted by Gasteiger charge is 2.09. The van der Waals surface area contributed by atoms with Crippen molar-refractivity contribution in [2.24, 2.45) is 7.05 Å². The van der Waals surface area contributed by atoms with Crippen LogP contribution in [0.1, 0.15) is 11.1 Å². The van der Waals surface area contributed by atoms with Crippen LogP contribution in [0.15, 0.2) is 73.6 Å². The van der Waals surface area contributed by atoms with Crippen LogP contribution in [0.2, 0.25) is 0 Å². The minimum atomic E-state index is 0.378. The van der Waals surface area contributed by atoms with Gasteiger partial charge in [0, 0.05) is 44.0 Å². The summed E-state index contributed by atoms with van der Waals surface area (Å²) >= 11 is 0. The van der Waals surface area contributed by atoms with E-state index >= 15 is 0 Å². The number of nitrogens with zero attached hydrogens (tertiary/aromatic N) is 6. The Hall–Kier alpha value is -4.33. The highest BCUT2D eigenvalue weighted by atomic mass is 16.1. The fourth-order valence-electron chi connectivity index (χ4n) is 3.61. The molecular formula is C24H21N7O. The molecule has 158 valence electrons. The fraction of sp³-hybridized carbons (Fsp3) is 0.125. The number of hydrogen-bond donors (Lipinski definition) is 1. The van der Waals surface area contributed by atoms with Gasteiger partial charge in [-0.2, -0.15) is 5.10 Å². The molecule has 4 heterocycles. The molecule has 0 unspecified atom stereocenters. The molecule has 0 radical (unpaired) electrons. The van der Waals surface area contributed by atoms with E-state index in [4.69, 9.17) is 0 Å². The highest BCUT2D eigenvalue weighted by Crippen LogP contribution is 2.22. The molecule has 5 aromatic rings. The second-order valence-corrected chi connectivity index (χ2v) is 7.52. The third-order valence-corrected chi connectivity index (χ3v) is 5.29. The van der Waals surface area contributed by atoms with Gasteiger partial charge in [-0.25, -0.2) is 15.0 Å². The maximum atomic E-state index is 10.8. The van der Waals surface area contributed by atoms with Crippen LogP contribution in [0.3, 0.4) is 0 Å². The zero-order valence-electron chi connectivity index (χ0n) is 17.5. The summed E-state index contributed by atoms with van der Waals surface area (Å²) in [5, 5.41) is 7.59. The zero-order chi connectivity index (χ0) is 21.9. The molecule has 0 aliphatic heterocycles. The lowest BCUT2D eigenvalue weighted by Gasteiger charge is -2.08. The first kappa shape index (κ1) is 19.6. The molecule has 8 heteroatoms. The van der Waals surface area contributed by atoms with Crippen molar-refractivity contribution in [2.45, 2.75) is 13.0 Å². The highest BCUT2D eigenvalue weighted by molar-refractivity contribution is 5.65. The fourth-order valence-corrected chi connectivity index (χ4v) is 3.61. The summed E-state index contributed by atoms with van der Waals surface area (Å²) in [6, 6.07) is 14.1. The topological polar surface area (TPSA) is 90.0 Å². The molecule has 1 N–H and O–H groups in total. The monoisotopic (exact) mass is 423 g/mol. The number of carbonyl (C=O) groups is 1. The molecule has 0 bridgehead atoms. The minimum Gasteiger partial charge on any atom is -0.366 e. The van der Waals surface area contributed by atoms with Crippen molar-refractivity contribution in [3.8, 4) is 22.5 Å². The summed E-state index contributed by atoms with van der Waals surface area (Å²) < 4.78 is 3.75. The van der Waals surface area contributed by atoms with Crippen LogP contribution in [0.5, 0.6) is 0 Å². The molecule has 0 saturated carbocycles. The third-order valence-electron chi connectivity index (χ3n) is 5.29. The van der Waals surface area contributed by atoms with Gasteiger partial charge in [0.1, 0.15) is 24.1 Å². The summed E-state index contributed by atoms with van der Waals surface area (Å²) in [6.07, 6.45) is 10.4. The number of nitrogens with one attached hydrogen (secondary N) is 1. The zero-order valence-corrected chi connectivity index (χ0v) is 17.5. The molecule has 0 spiro atoms. The second-order valence-electron chi connectivity index (χ2n) is 7.52. The van der Waals surface area contributed by atoms with Crippen LogP contribution in [-0.4, -0.2) is 35.4 Å². The number of hydrogen-bond acceptors (Lipinski definition) is 6. The number of rotatable bonds is 7. The predicted molar refractivity (Wildman–Crippen MR) is 122 cm³/mol. The summed E-state index contributed by atoms with van der Waals surface area (Å²) in [4.78, 5) is 24.0. The van der Waals surface area contributed by atoms with Gasteiger partial charge in [-0.1, -0.05) is 24.3 Å². The minimum absolute atomic E-state index is 0.378. The standard InChI is InChI=1S/C24H21N7O/c1-30-15-20(13-29-30)19-4-2-18(3-5-19)12-25-23-11-21(27-16-28-23)22-14-26-24-10-17(7-9-32)6-8-31(22)24/h2-6,8-11,13-16H,7,12H2,1H3,(H,25,27,28). The van der Waals surface area contributed by atoms with E-state index < -0.39 is 0 Å². The molecule has 4 aromatic heterocycles. The van der Waals surface area contributed by atoms with Crippen LogP contribution < -0.4 is 5.32 Å². The SMILES string of the molecule is Cn1cc(-c2ccc(CNc3cc(-c4cnc5cc(CC=O)ccn45)ncn3)cc2)cn1. The van der Waals surface area contributed by atoms with E-state index in [0.717, 1.165) is 51.4 Å². The van der Waals surface area contributed by atoms with Crippen molar-refractivity contribution in [1.82, 2.24) is 29.1 Å². The molecule has 0 fully saturated rings. The van der Waals surface area contributed by atoms with Crippen molar-refractivity contribution in [3.63, 3.8) is 0 Å². The van der Waals surface area contributed by atoms with E-state index in [1.54, 1.807) is 17.2 Å². The summed E-state index contributed by atoms with van der Waals surface area (Å²) in [5.41, 5.74) is 6.73. The van der Waals surface area contributed by atoms with Crippen molar-refractivity contribution >= 4 is 17.8 Å². The molecule has 5 rings (SSSR count). The first-order chi connectivity index (χ1) is 15.7. The molecule has 32 heavy (non-hydrogen) atoms. The number of benzene rings is 1. The smallest absolute Gasteiger partial charge is 0.137 e. The molecule has 1 aromatic carbocycles. The van der Waals surface area contributed by atoms with Gasteiger partial charge in [0.2, 0.25) is 0 Å². The van der Waals surface area contributed by atoms with Crippen LogP contribution >= 0.6 is 0 Å². The molecular weight excluding hydrogens is 402 g/mol. The van der Waals surface area contributed by atoms with E-state index in [1.807, 2.05) is 48.2 Å². The Morgan fingerprint density at radius 1 is 0.969 bits per heavy atom. The second kappa shape index (κ2) is 8.43. The Kier molecular flexibility index (Phi) is 5.17. The maximum Gasteiger partial charge on any atom is 0.137 e. The van der Waals surface area contributed by atoms with Crippen LogP contribution in [0.25, 0.3) is 28.2 Å². The van der Waals surface area contributed by atoms with Gasteiger partial charge in [-0.15, -0.1) is 0 Å². The summed E-state index contributed by atoms with van der Waals surface area (Å²) in [7, 11) is 1.91. The van der Waals surface area contributed by atoms with Gasteiger partial charge >= 0.3 is 0 Å². The molecule has 0 aliphatic carbocycles. The number of aromatic nitrogens is 6. The maximum absolute atomic E-state index is 10.8. The van der Waals surface area contributed by atoms with E-state index in [9.17, 15) is 4.79 Å². The number of pyridine rings is 1.